The molecular weight excluding hydrogens is 370 g/mol. The molecule has 1 unspecified atom stereocenters. The molecule has 4 N–H and O–H groups in total. The molecule has 0 heterocycles. The van der Waals surface area contributed by atoms with Gasteiger partial charge in [-0.2, -0.15) is 0 Å². The molecule has 0 aliphatic carbocycles. The molecule has 0 bridgehead atoms. The lowest BCUT2D eigenvalue weighted by atomic mass is 10.1. The molecule has 0 spiro atoms. The topological polar surface area (TPSA) is 143 Å². The third-order valence-corrected chi connectivity index (χ3v) is 3.13. The van der Waals surface area contributed by atoms with E-state index in [1.54, 1.807) is 48.5 Å². The van der Waals surface area contributed by atoms with Crippen molar-refractivity contribution >= 4 is 24.1 Å². The minimum Gasteiger partial charge on any atom is -0.480 e. The molecule has 10 heteroatoms. The molecule has 2 atom stereocenters. The highest BCUT2D eigenvalue weighted by atomic mass is 16.6. The number of amides is 3. The van der Waals surface area contributed by atoms with Gasteiger partial charge in [0, 0.05) is 12.6 Å². The standard InChI is InChI=1S/C18H33N3O7/c1-8-11(10-19-15(25)27-17(2,3)4)20-13(22)9-12(14(23)24)21-16(26)28-18(5,6)7/h11-12H,8-10H2,1-7H3,(H,19,25)(H,20,22)(H,21,26)(H,23,24)/t11?,12-/m0/s1. The average Bonchev–Trinajstić information content (AvgIpc) is 2.46. The molecule has 0 aromatic carbocycles. The van der Waals surface area contributed by atoms with Gasteiger partial charge >= 0.3 is 18.2 Å². The number of carboxylic acid groups (broad SMARTS) is 1. The third-order valence-electron chi connectivity index (χ3n) is 3.13. The second-order valence-electron chi connectivity index (χ2n) is 8.30. The summed E-state index contributed by atoms with van der Waals surface area (Å²) in [6.45, 7) is 12.0. The van der Waals surface area contributed by atoms with Crippen LogP contribution in [0.2, 0.25) is 0 Å². The first kappa shape index (κ1) is 25.5. The maximum atomic E-state index is 12.2. The lowest BCUT2D eigenvalue weighted by molar-refractivity contribution is -0.141. The fraction of sp³-hybridized carbons (Fsp3) is 0.778. The summed E-state index contributed by atoms with van der Waals surface area (Å²) in [5.74, 6) is -1.94. The number of carbonyl (C=O) groups excluding carboxylic acids is 3. The highest BCUT2D eigenvalue weighted by Gasteiger charge is 2.27. The Labute approximate surface area is 165 Å². The molecule has 0 aliphatic rings. The minimum atomic E-state index is -1.44. The predicted octanol–water partition coefficient (Wildman–Crippen LogP) is 1.77. The molecule has 0 aromatic heterocycles. The summed E-state index contributed by atoms with van der Waals surface area (Å²) in [7, 11) is 0. The van der Waals surface area contributed by atoms with Crippen molar-refractivity contribution in [3.63, 3.8) is 0 Å². The number of hydrogen-bond acceptors (Lipinski definition) is 6. The van der Waals surface area contributed by atoms with E-state index in [1.807, 2.05) is 0 Å². The van der Waals surface area contributed by atoms with E-state index in [0.29, 0.717) is 6.42 Å². The predicted molar refractivity (Wildman–Crippen MR) is 102 cm³/mol. The van der Waals surface area contributed by atoms with E-state index in [1.165, 1.54) is 0 Å². The lowest BCUT2D eigenvalue weighted by Crippen LogP contribution is -2.49. The van der Waals surface area contributed by atoms with E-state index < -0.39 is 53.8 Å². The van der Waals surface area contributed by atoms with Crippen molar-refractivity contribution in [1.82, 2.24) is 16.0 Å². The number of carbonyl (C=O) groups is 4. The van der Waals surface area contributed by atoms with Crippen molar-refractivity contribution < 1.29 is 33.8 Å². The van der Waals surface area contributed by atoms with Crippen LogP contribution in [0, 0.1) is 0 Å². The van der Waals surface area contributed by atoms with Gasteiger partial charge in [0.15, 0.2) is 0 Å². The van der Waals surface area contributed by atoms with Crippen molar-refractivity contribution in [2.75, 3.05) is 6.54 Å². The monoisotopic (exact) mass is 403 g/mol. The van der Waals surface area contributed by atoms with Crippen LogP contribution in [-0.2, 0) is 19.1 Å². The summed E-state index contributed by atoms with van der Waals surface area (Å²) in [6.07, 6.45) is -1.52. The van der Waals surface area contributed by atoms with Gasteiger partial charge in [0.1, 0.15) is 17.2 Å². The maximum Gasteiger partial charge on any atom is 0.408 e. The van der Waals surface area contributed by atoms with Crippen LogP contribution >= 0.6 is 0 Å². The number of hydrogen-bond donors (Lipinski definition) is 4. The summed E-state index contributed by atoms with van der Waals surface area (Å²) < 4.78 is 10.1. The highest BCUT2D eigenvalue weighted by Crippen LogP contribution is 2.08. The number of nitrogens with one attached hydrogen (secondary N) is 3. The van der Waals surface area contributed by atoms with Crippen molar-refractivity contribution in [3.8, 4) is 0 Å². The second-order valence-corrected chi connectivity index (χ2v) is 8.30. The van der Waals surface area contributed by atoms with Crippen LogP contribution in [0.4, 0.5) is 9.59 Å². The molecule has 0 saturated heterocycles. The smallest absolute Gasteiger partial charge is 0.408 e. The van der Waals surface area contributed by atoms with E-state index in [0.717, 1.165) is 0 Å². The van der Waals surface area contributed by atoms with Crippen molar-refractivity contribution in [2.45, 2.75) is 84.6 Å². The van der Waals surface area contributed by atoms with E-state index in [2.05, 4.69) is 16.0 Å². The fourth-order valence-electron chi connectivity index (χ4n) is 1.94. The number of rotatable bonds is 8. The molecule has 0 saturated carbocycles. The first-order chi connectivity index (χ1) is 12.6. The largest absolute Gasteiger partial charge is 0.480 e. The van der Waals surface area contributed by atoms with Crippen LogP contribution in [0.1, 0.15) is 61.3 Å². The Bertz CT molecular complexity index is 565. The Morgan fingerprint density at radius 3 is 1.82 bits per heavy atom. The second kappa shape index (κ2) is 10.7. The molecule has 28 heavy (non-hydrogen) atoms. The molecule has 0 radical (unpaired) electrons. The molecule has 10 nitrogen and oxygen atoms in total. The van der Waals surface area contributed by atoms with Crippen LogP contribution in [0.15, 0.2) is 0 Å². The van der Waals surface area contributed by atoms with Crippen LogP contribution in [-0.4, -0.2) is 59.0 Å². The quantitative estimate of drug-likeness (QED) is 0.483. The van der Waals surface area contributed by atoms with E-state index in [9.17, 15) is 24.3 Å². The third kappa shape index (κ3) is 12.8. The van der Waals surface area contributed by atoms with Gasteiger partial charge in [0.2, 0.25) is 5.91 Å². The minimum absolute atomic E-state index is 0.119. The van der Waals surface area contributed by atoms with Gasteiger partial charge in [-0.1, -0.05) is 6.92 Å². The van der Waals surface area contributed by atoms with Gasteiger partial charge in [0.05, 0.1) is 6.42 Å². The van der Waals surface area contributed by atoms with E-state index >= 15 is 0 Å². The molecule has 0 aromatic rings. The molecular formula is C18H33N3O7. The summed E-state index contributed by atoms with van der Waals surface area (Å²) in [6, 6.07) is -1.86. The van der Waals surface area contributed by atoms with Gasteiger partial charge in [-0.25, -0.2) is 14.4 Å². The number of aliphatic carboxylic acids is 1. The van der Waals surface area contributed by atoms with Crippen LogP contribution < -0.4 is 16.0 Å². The zero-order valence-corrected chi connectivity index (χ0v) is 17.7. The van der Waals surface area contributed by atoms with Crippen molar-refractivity contribution in [2.24, 2.45) is 0 Å². The van der Waals surface area contributed by atoms with Crippen LogP contribution in [0.3, 0.4) is 0 Å². The lowest BCUT2D eigenvalue weighted by Gasteiger charge is -2.23. The summed E-state index contributed by atoms with van der Waals surface area (Å²) in [5, 5.41) is 16.6. The Morgan fingerprint density at radius 2 is 1.39 bits per heavy atom. The summed E-state index contributed by atoms with van der Waals surface area (Å²) in [4.78, 5) is 46.9. The van der Waals surface area contributed by atoms with E-state index in [-0.39, 0.29) is 6.54 Å². The number of ether oxygens (including phenoxy) is 2. The maximum absolute atomic E-state index is 12.2. The average molecular weight is 403 g/mol. The van der Waals surface area contributed by atoms with Crippen molar-refractivity contribution in [3.05, 3.63) is 0 Å². The summed E-state index contributed by atoms with van der Waals surface area (Å²) >= 11 is 0. The van der Waals surface area contributed by atoms with Gasteiger partial charge < -0.3 is 30.5 Å². The zero-order chi connectivity index (χ0) is 22.1. The normalized spacial score (nSPS) is 13.7. The van der Waals surface area contributed by atoms with Crippen molar-refractivity contribution in [1.29, 1.82) is 0 Å². The number of alkyl carbamates (subject to hydrolysis) is 2. The molecule has 3 amide bonds. The SMILES string of the molecule is CCC(CNC(=O)OC(C)(C)C)NC(=O)C[C@H](NC(=O)OC(C)(C)C)C(=O)O. The summed E-state index contributed by atoms with van der Waals surface area (Å²) in [5.41, 5.74) is -1.44. The molecule has 162 valence electrons. The van der Waals surface area contributed by atoms with Crippen LogP contribution in [0.25, 0.3) is 0 Å². The zero-order valence-electron chi connectivity index (χ0n) is 17.7. The molecule has 0 fully saturated rings. The highest BCUT2D eigenvalue weighted by molar-refractivity contribution is 5.87. The van der Waals surface area contributed by atoms with Crippen LogP contribution in [0.5, 0.6) is 0 Å². The fourth-order valence-corrected chi connectivity index (χ4v) is 1.94. The van der Waals surface area contributed by atoms with Gasteiger partial charge in [-0.3, -0.25) is 4.79 Å². The first-order valence-electron chi connectivity index (χ1n) is 9.11. The molecule has 0 rings (SSSR count). The van der Waals surface area contributed by atoms with Gasteiger partial charge in [-0.05, 0) is 48.0 Å². The molecule has 0 aliphatic heterocycles. The van der Waals surface area contributed by atoms with E-state index in [4.69, 9.17) is 9.47 Å². The first-order valence-corrected chi connectivity index (χ1v) is 9.11. The Morgan fingerprint density at radius 1 is 0.893 bits per heavy atom. The Kier molecular flexibility index (Phi) is 9.76. The van der Waals surface area contributed by atoms with Gasteiger partial charge in [0.25, 0.3) is 0 Å². The van der Waals surface area contributed by atoms with Gasteiger partial charge in [-0.15, -0.1) is 0 Å². The number of carboxylic acids is 1. The Hall–Kier alpha value is -2.52. The Balaban J connectivity index is 4.63.